The Morgan fingerprint density at radius 2 is 1.69 bits per heavy atom. The lowest BCUT2D eigenvalue weighted by Gasteiger charge is -2.41. The fourth-order valence-corrected chi connectivity index (χ4v) is 8.43. The molecular weight excluding hydrogens is 727 g/mol. The summed E-state index contributed by atoms with van der Waals surface area (Å²) in [5.74, 6) is -2.58. The Morgan fingerprint density at radius 1 is 0.945 bits per heavy atom. The summed E-state index contributed by atoms with van der Waals surface area (Å²) >= 11 is 0. The number of fused-ring (bicyclic) bond motifs is 2. The van der Waals surface area contributed by atoms with E-state index in [0.29, 0.717) is 25.7 Å². The van der Waals surface area contributed by atoms with E-state index in [1.807, 2.05) is 66.7 Å². The van der Waals surface area contributed by atoms with Crippen LogP contribution in [0.5, 0.6) is 0 Å². The maximum Gasteiger partial charge on any atom is 0.410 e. The van der Waals surface area contributed by atoms with Crippen LogP contribution >= 0.6 is 0 Å². The van der Waals surface area contributed by atoms with Crippen molar-refractivity contribution in [2.75, 3.05) is 19.6 Å². The smallest absolute Gasteiger partial charge is 0.410 e. The molecule has 2 heterocycles. The third kappa shape index (κ3) is 10.0. The quantitative estimate of drug-likeness (QED) is 0.344. The topological polar surface area (TPSA) is 181 Å². The molecule has 3 fully saturated rings. The van der Waals surface area contributed by atoms with Gasteiger partial charge in [-0.3, -0.25) is 19.1 Å². The Bertz CT molecular complexity index is 1910. The fraction of sp³-hybridized carbons (Fsp3) is 0.525. The van der Waals surface area contributed by atoms with E-state index < -0.39 is 74.3 Å². The summed E-state index contributed by atoms with van der Waals surface area (Å²) in [4.78, 5) is 71.6. The molecule has 15 heteroatoms. The number of rotatable bonds is 7. The molecule has 0 aromatic heterocycles. The number of carbonyl (C=O) groups is 5. The molecule has 2 aliphatic heterocycles. The average molecular weight is 778 g/mol. The second-order valence-electron chi connectivity index (χ2n) is 15.8. The monoisotopic (exact) mass is 777 g/mol. The number of alkyl carbamates (subject to hydrolysis) is 1. The largest absolute Gasteiger partial charge is 0.445 e. The lowest BCUT2D eigenvalue weighted by molar-refractivity contribution is -0.146. The first kappa shape index (κ1) is 39.8. The van der Waals surface area contributed by atoms with E-state index in [0.717, 1.165) is 29.5 Å². The van der Waals surface area contributed by atoms with Gasteiger partial charge in [0.25, 0.3) is 5.91 Å². The minimum Gasteiger partial charge on any atom is -0.445 e. The van der Waals surface area contributed by atoms with E-state index >= 15 is 0 Å². The highest BCUT2D eigenvalue weighted by Crippen LogP contribution is 2.46. The normalized spacial score (nSPS) is 25.5. The van der Waals surface area contributed by atoms with Gasteiger partial charge < -0.3 is 29.9 Å². The van der Waals surface area contributed by atoms with Gasteiger partial charge in [-0.05, 0) is 82.1 Å². The predicted octanol–water partition coefficient (Wildman–Crippen LogP) is 4.40. The Morgan fingerprint density at radius 3 is 2.42 bits per heavy atom. The van der Waals surface area contributed by atoms with E-state index in [-0.39, 0.29) is 39.1 Å². The van der Waals surface area contributed by atoms with Crippen molar-refractivity contribution in [3.05, 3.63) is 72.3 Å². The maximum absolute atomic E-state index is 14.4. The van der Waals surface area contributed by atoms with Crippen molar-refractivity contribution in [3.8, 4) is 11.1 Å². The number of benzene rings is 2. The van der Waals surface area contributed by atoms with Gasteiger partial charge in [-0.25, -0.2) is 18.0 Å². The first-order valence-corrected chi connectivity index (χ1v) is 20.6. The molecule has 2 aliphatic carbocycles. The molecule has 1 unspecified atom stereocenters. The molecule has 4 aliphatic rings. The number of nitrogens with one attached hydrogen (secondary N) is 3. The van der Waals surface area contributed by atoms with Crippen LogP contribution in [0.2, 0.25) is 0 Å². The lowest BCUT2D eigenvalue weighted by atomic mass is 10.0. The Balaban J connectivity index is 1.24. The van der Waals surface area contributed by atoms with Crippen LogP contribution in [0.25, 0.3) is 11.1 Å². The third-order valence-electron chi connectivity index (χ3n) is 10.3. The number of hydrogen-bond donors (Lipinski definition) is 3. The first-order valence-electron chi connectivity index (χ1n) is 19.1. The summed E-state index contributed by atoms with van der Waals surface area (Å²) in [6, 6.07) is 15.1. The highest BCUT2D eigenvalue weighted by molar-refractivity contribution is 7.91. The van der Waals surface area contributed by atoms with Crippen LogP contribution in [0.4, 0.5) is 9.59 Å². The number of nitrogens with zero attached hydrogens (tertiary/aromatic N) is 2. The molecule has 4 atom stereocenters. The number of carbonyl (C=O) groups excluding carboxylic acids is 5. The molecule has 2 aromatic carbocycles. The van der Waals surface area contributed by atoms with Crippen LogP contribution in [0, 0.1) is 5.92 Å². The number of ether oxygens (including phenoxy) is 2. The molecule has 1 saturated heterocycles. The van der Waals surface area contributed by atoms with Crippen LogP contribution in [-0.4, -0.2) is 96.2 Å². The van der Waals surface area contributed by atoms with Gasteiger partial charge in [0.2, 0.25) is 21.8 Å². The van der Waals surface area contributed by atoms with Crippen LogP contribution in [0.15, 0.2) is 66.7 Å². The Hall–Kier alpha value is -4.92. The van der Waals surface area contributed by atoms with Crippen molar-refractivity contribution in [3.63, 3.8) is 0 Å². The minimum atomic E-state index is -3.92. The van der Waals surface area contributed by atoms with Crippen molar-refractivity contribution >= 4 is 39.9 Å². The van der Waals surface area contributed by atoms with Crippen LogP contribution in [-0.2, 0) is 40.5 Å². The second-order valence-corrected chi connectivity index (χ2v) is 17.8. The SMILES string of the molecule is CC(C)(C)OC(=O)N[C@H]1CCCCC/C=C/C2C[C@]2(C(=O)NS(=O)(=O)C2CC2)NC(=O)[C@@H]2CN(C(=O)OCc3cccc(-c4ccccc4)c3)CCN2C1=O. The first-order chi connectivity index (χ1) is 26.1. The second kappa shape index (κ2) is 16.4. The molecule has 2 aromatic rings. The van der Waals surface area contributed by atoms with Crippen molar-refractivity contribution in [2.24, 2.45) is 5.92 Å². The predicted molar refractivity (Wildman–Crippen MR) is 204 cm³/mol. The van der Waals surface area contributed by atoms with Gasteiger partial charge in [0.1, 0.15) is 29.8 Å². The molecule has 0 radical (unpaired) electrons. The average Bonchev–Trinajstić information content (AvgIpc) is 4.08. The summed E-state index contributed by atoms with van der Waals surface area (Å²) in [7, 11) is -3.92. The molecule has 6 rings (SSSR count). The standard InChI is InChI=1S/C40H51N5O9S/c1-39(2,3)54-37(49)41-32-18-11-6-4-5-10-17-30-24-40(30,36(48)43-55(51,52)31-19-20-31)42-34(46)33-25-44(21-22-45(33)35(32)47)38(50)53-26-27-13-12-16-29(23-27)28-14-8-7-9-15-28/h7-10,12-17,23,30-33H,4-6,11,18-22,24-26H2,1-3H3,(H,41,49)(H,42,46)(H,43,48)/b17-10+/t30?,32-,33-,40-/m0/s1. The maximum atomic E-state index is 14.4. The number of sulfonamides is 1. The number of allylic oxidation sites excluding steroid dienone is 1. The van der Waals surface area contributed by atoms with Crippen LogP contribution in [0.1, 0.15) is 77.7 Å². The van der Waals surface area contributed by atoms with Gasteiger partial charge in [0.05, 0.1) is 11.8 Å². The van der Waals surface area contributed by atoms with E-state index in [9.17, 15) is 32.4 Å². The van der Waals surface area contributed by atoms with E-state index in [4.69, 9.17) is 9.47 Å². The molecule has 0 bridgehead atoms. The van der Waals surface area contributed by atoms with Crippen LogP contribution in [0.3, 0.4) is 0 Å². The summed E-state index contributed by atoms with van der Waals surface area (Å²) in [6.07, 6.45) is 6.42. The van der Waals surface area contributed by atoms with E-state index in [1.54, 1.807) is 20.8 Å². The summed E-state index contributed by atoms with van der Waals surface area (Å²) < 4.78 is 39.0. The Labute approximate surface area is 322 Å². The van der Waals surface area contributed by atoms with E-state index in [2.05, 4.69) is 15.4 Å². The minimum absolute atomic E-state index is 0.0359. The lowest BCUT2D eigenvalue weighted by Crippen LogP contribution is -2.66. The highest BCUT2D eigenvalue weighted by atomic mass is 32.2. The van der Waals surface area contributed by atoms with Gasteiger partial charge in [-0.2, -0.15) is 0 Å². The molecule has 14 nitrogen and oxygen atoms in total. The van der Waals surface area contributed by atoms with Gasteiger partial charge in [0, 0.05) is 19.0 Å². The summed E-state index contributed by atoms with van der Waals surface area (Å²) in [5, 5.41) is 4.86. The van der Waals surface area contributed by atoms with Gasteiger partial charge in [-0.15, -0.1) is 0 Å². The van der Waals surface area contributed by atoms with Crippen molar-refractivity contribution < 1.29 is 41.9 Å². The molecule has 2 saturated carbocycles. The van der Waals surface area contributed by atoms with Gasteiger partial charge in [-0.1, -0.05) is 73.5 Å². The zero-order valence-electron chi connectivity index (χ0n) is 31.6. The zero-order chi connectivity index (χ0) is 39.4. The van der Waals surface area contributed by atoms with Crippen molar-refractivity contribution in [2.45, 2.75) is 107 Å². The Kier molecular flexibility index (Phi) is 11.9. The summed E-state index contributed by atoms with van der Waals surface area (Å²) in [5.41, 5.74) is 0.341. The van der Waals surface area contributed by atoms with Crippen molar-refractivity contribution in [1.29, 1.82) is 0 Å². The molecule has 0 spiro atoms. The number of piperazine rings is 1. The molecular formula is C40H51N5O9S. The zero-order valence-corrected chi connectivity index (χ0v) is 32.4. The van der Waals surface area contributed by atoms with Gasteiger partial charge in [0.15, 0.2) is 0 Å². The molecule has 55 heavy (non-hydrogen) atoms. The molecule has 5 amide bonds. The van der Waals surface area contributed by atoms with Crippen molar-refractivity contribution in [1.82, 2.24) is 25.2 Å². The number of hydrogen-bond acceptors (Lipinski definition) is 9. The highest BCUT2D eigenvalue weighted by Gasteiger charge is 2.62. The van der Waals surface area contributed by atoms with Crippen LogP contribution < -0.4 is 15.4 Å². The number of amides is 5. The third-order valence-corrected chi connectivity index (χ3v) is 12.1. The molecule has 3 N–H and O–H groups in total. The van der Waals surface area contributed by atoms with Gasteiger partial charge >= 0.3 is 12.2 Å². The summed E-state index contributed by atoms with van der Waals surface area (Å²) in [6.45, 7) is 4.80. The fourth-order valence-electron chi connectivity index (χ4n) is 7.07. The van der Waals surface area contributed by atoms with E-state index in [1.165, 1.54) is 9.80 Å². The molecule has 296 valence electrons.